The minimum Gasteiger partial charge on any atom is -0.504 e. The Labute approximate surface area is 110 Å². The van der Waals surface area contributed by atoms with Crippen LogP contribution in [0.5, 0.6) is 23.0 Å². The second-order valence-electron chi connectivity index (χ2n) is 3.78. The van der Waals surface area contributed by atoms with Gasteiger partial charge in [-0.1, -0.05) is 18.2 Å². The van der Waals surface area contributed by atoms with E-state index < -0.39 is 0 Å². The van der Waals surface area contributed by atoms with E-state index in [0.717, 1.165) is 0 Å². The zero-order valence-corrected chi connectivity index (χ0v) is 10.2. The molecule has 0 aliphatic carbocycles. The summed E-state index contributed by atoms with van der Waals surface area (Å²) < 4.78 is 0. The number of aromatic hydroxyl groups is 4. The third-order valence-electron chi connectivity index (χ3n) is 2.39. The maximum Gasteiger partial charge on any atom is 0.168 e. The Balaban J connectivity index is 0.000000191. The largest absolute Gasteiger partial charge is 0.504 e. The molecule has 0 saturated heterocycles. The molecule has 0 heterocycles. The third-order valence-corrected chi connectivity index (χ3v) is 2.39. The van der Waals surface area contributed by atoms with E-state index in [-0.39, 0.29) is 28.6 Å². The predicted molar refractivity (Wildman–Crippen MR) is 69.7 cm³/mol. The highest BCUT2D eigenvalue weighted by molar-refractivity contribution is 5.80. The molecule has 0 bridgehead atoms. The number of carbonyl (C=O) groups excluding carboxylic acids is 1. The van der Waals surface area contributed by atoms with Crippen molar-refractivity contribution >= 4 is 6.29 Å². The minimum atomic E-state index is -0.363. The molecule has 0 radical (unpaired) electrons. The molecule has 5 nitrogen and oxygen atoms in total. The van der Waals surface area contributed by atoms with Gasteiger partial charge in [0, 0.05) is 0 Å². The van der Waals surface area contributed by atoms with Crippen LogP contribution >= 0.6 is 0 Å². The highest BCUT2D eigenvalue weighted by atomic mass is 16.3. The van der Waals surface area contributed by atoms with Gasteiger partial charge in [0.05, 0.1) is 5.56 Å². The van der Waals surface area contributed by atoms with Crippen molar-refractivity contribution in [2.24, 2.45) is 0 Å². The Kier molecular flexibility index (Phi) is 4.76. The standard InChI is InChI=1S/C7H6O3.C7H8O2/c8-4-5-2-1-3-6(9)7(5)10;1-5-3-2-4-6(8)7(5)9/h1-4,9-10H;2-4,8-9H,1H3. The van der Waals surface area contributed by atoms with Crippen molar-refractivity contribution in [2.75, 3.05) is 0 Å². The van der Waals surface area contributed by atoms with Crippen LogP contribution in [0, 0.1) is 6.92 Å². The van der Waals surface area contributed by atoms with Gasteiger partial charge < -0.3 is 20.4 Å². The number of hydrogen-bond acceptors (Lipinski definition) is 5. The van der Waals surface area contributed by atoms with Crippen molar-refractivity contribution in [1.82, 2.24) is 0 Å². The van der Waals surface area contributed by atoms with Gasteiger partial charge in [-0.3, -0.25) is 4.79 Å². The van der Waals surface area contributed by atoms with Gasteiger partial charge in [-0.25, -0.2) is 0 Å². The molecule has 0 amide bonds. The van der Waals surface area contributed by atoms with Crippen molar-refractivity contribution in [3.63, 3.8) is 0 Å². The molecule has 2 rings (SSSR count). The van der Waals surface area contributed by atoms with Gasteiger partial charge in [-0.05, 0) is 30.7 Å². The van der Waals surface area contributed by atoms with E-state index in [1.165, 1.54) is 24.3 Å². The Morgan fingerprint density at radius 3 is 1.79 bits per heavy atom. The minimum absolute atomic E-state index is 0.0301. The van der Waals surface area contributed by atoms with Gasteiger partial charge in [0.15, 0.2) is 29.3 Å². The number of aldehydes is 1. The van der Waals surface area contributed by atoms with Gasteiger partial charge in [0.1, 0.15) is 0 Å². The van der Waals surface area contributed by atoms with Crippen LogP contribution in [0.1, 0.15) is 15.9 Å². The van der Waals surface area contributed by atoms with Crippen LogP contribution in [-0.4, -0.2) is 26.7 Å². The summed E-state index contributed by atoms with van der Waals surface area (Å²) in [5.41, 5.74) is 0.787. The number of carbonyl (C=O) groups is 1. The van der Waals surface area contributed by atoms with E-state index in [9.17, 15) is 4.79 Å². The highest BCUT2D eigenvalue weighted by Crippen LogP contribution is 2.27. The lowest BCUT2D eigenvalue weighted by Gasteiger charge is -1.97. The van der Waals surface area contributed by atoms with Crippen molar-refractivity contribution in [3.8, 4) is 23.0 Å². The molecular formula is C14H14O5. The number of benzene rings is 2. The van der Waals surface area contributed by atoms with E-state index in [1.807, 2.05) is 0 Å². The van der Waals surface area contributed by atoms with E-state index in [0.29, 0.717) is 11.8 Å². The molecule has 0 unspecified atom stereocenters. The molecule has 2 aromatic carbocycles. The van der Waals surface area contributed by atoms with Crippen LogP contribution < -0.4 is 0 Å². The lowest BCUT2D eigenvalue weighted by molar-refractivity contribution is 0.112. The lowest BCUT2D eigenvalue weighted by atomic mass is 10.2. The summed E-state index contributed by atoms with van der Waals surface area (Å²) in [5, 5.41) is 35.5. The molecule has 0 saturated carbocycles. The maximum absolute atomic E-state index is 10.1. The summed E-state index contributed by atoms with van der Waals surface area (Å²) in [7, 11) is 0. The van der Waals surface area contributed by atoms with Crippen molar-refractivity contribution < 1.29 is 25.2 Å². The Morgan fingerprint density at radius 1 is 0.842 bits per heavy atom. The van der Waals surface area contributed by atoms with Crippen LogP contribution in [0.15, 0.2) is 36.4 Å². The van der Waals surface area contributed by atoms with Gasteiger partial charge in [-0.2, -0.15) is 0 Å². The first-order valence-electron chi connectivity index (χ1n) is 5.41. The molecule has 5 heteroatoms. The summed E-state index contributed by atoms with van der Waals surface area (Å²) in [6.45, 7) is 1.73. The van der Waals surface area contributed by atoms with Crippen LogP contribution in [0.2, 0.25) is 0 Å². The Morgan fingerprint density at radius 2 is 1.37 bits per heavy atom. The van der Waals surface area contributed by atoms with Gasteiger partial charge in [0.25, 0.3) is 0 Å². The average molecular weight is 262 g/mol. The fraction of sp³-hybridized carbons (Fsp3) is 0.0714. The maximum atomic E-state index is 10.1. The molecule has 0 atom stereocenters. The second-order valence-corrected chi connectivity index (χ2v) is 3.78. The molecule has 4 N–H and O–H groups in total. The predicted octanol–water partition coefficient (Wildman–Crippen LogP) is 2.32. The van der Waals surface area contributed by atoms with Gasteiger partial charge in [0.2, 0.25) is 0 Å². The zero-order valence-electron chi connectivity index (χ0n) is 10.2. The topological polar surface area (TPSA) is 98.0 Å². The fourth-order valence-electron chi connectivity index (χ4n) is 1.29. The van der Waals surface area contributed by atoms with E-state index in [2.05, 4.69) is 0 Å². The molecular weight excluding hydrogens is 248 g/mol. The molecule has 0 spiro atoms. The van der Waals surface area contributed by atoms with Crippen molar-refractivity contribution in [2.45, 2.75) is 6.92 Å². The lowest BCUT2D eigenvalue weighted by Crippen LogP contribution is -1.79. The summed E-state index contributed by atoms with van der Waals surface area (Å²) in [6.07, 6.45) is 0.481. The summed E-state index contributed by atoms with van der Waals surface area (Å²) in [5.74, 6) is -0.727. The Bertz CT molecular complexity index is 558. The first-order valence-corrected chi connectivity index (χ1v) is 5.41. The molecule has 0 aliphatic heterocycles. The number of hydrogen-bond donors (Lipinski definition) is 4. The van der Waals surface area contributed by atoms with E-state index in [1.54, 1.807) is 19.1 Å². The van der Waals surface area contributed by atoms with E-state index in [4.69, 9.17) is 20.4 Å². The molecule has 0 aromatic heterocycles. The number of phenolic OH excluding ortho intramolecular Hbond substituents is 4. The molecule has 2 aromatic rings. The highest BCUT2D eigenvalue weighted by Gasteiger charge is 2.02. The van der Waals surface area contributed by atoms with Crippen LogP contribution in [-0.2, 0) is 0 Å². The smallest absolute Gasteiger partial charge is 0.168 e. The number of rotatable bonds is 1. The quantitative estimate of drug-likeness (QED) is 0.467. The van der Waals surface area contributed by atoms with Gasteiger partial charge in [-0.15, -0.1) is 0 Å². The SMILES string of the molecule is Cc1cccc(O)c1O.O=Cc1cccc(O)c1O. The number of aryl methyl sites for hydroxylation is 1. The molecule has 0 aliphatic rings. The van der Waals surface area contributed by atoms with Crippen LogP contribution in [0.25, 0.3) is 0 Å². The normalized spacial score (nSPS) is 9.32. The van der Waals surface area contributed by atoms with Crippen molar-refractivity contribution in [3.05, 3.63) is 47.5 Å². The second kappa shape index (κ2) is 6.30. The third kappa shape index (κ3) is 3.64. The molecule has 19 heavy (non-hydrogen) atoms. The van der Waals surface area contributed by atoms with Crippen LogP contribution in [0.4, 0.5) is 0 Å². The fourth-order valence-corrected chi connectivity index (χ4v) is 1.29. The average Bonchev–Trinajstić information content (AvgIpc) is 2.40. The number of phenols is 4. The van der Waals surface area contributed by atoms with E-state index >= 15 is 0 Å². The summed E-state index contributed by atoms with van der Waals surface area (Å²) in [6, 6.07) is 9.07. The first-order chi connectivity index (χ1) is 8.97. The zero-order chi connectivity index (χ0) is 14.4. The van der Waals surface area contributed by atoms with Crippen LogP contribution in [0.3, 0.4) is 0 Å². The Hall–Kier alpha value is -2.69. The van der Waals surface area contributed by atoms with Gasteiger partial charge >= 0.3 is 0 Å². The summed E-state index contributed by atoms with van der Waals surface area (Å²) >= 11 is 0. The molecule has 100 valence electrons. The molecule has 0 fully saturated rings. The first kappa shape index (κ1) is 14.4. The summed E-state index contributed by atoms with van der Waals surface area (Å²) in [4.78, 5) is 10.1. The van der Waals surface area contributed by atoms with Crippen molar-refractivity contribution in [1.29, 1.82) is 0 Å². The monoisotopic (exact) mass is 262 g/mol. The number of para-hydroxylation sites is 2.